The number of ether oxygens (including phenoxy) is 1. The van der Waals surface area contributed by atoms with Crippen LogP contribution in [0.2, 0.25) is 0 Å². The third-order valence-electron chi connectivity index (χ3n) is 3.34. The molecule has 0 unspecified atom stereocenters. The number of carbonyl (C=O) groups is 1. The molecule has 2 aromatic carbocycles. The number of methoxy groups -OCH3 is 1. The van der Waals surface area contributed by atoms with Crippen molar-refractivity contribution in [1.29, 1.82) is 5.26 Å². The fourth-order valence-electron chi connectivity index (χ4n) is 2.18. The van der Waals surface area contributed by atoms with E-state index >= 15 is 0 Å². The second-order valence-corrected chi connectivity index (χ2v) is 5.12. The van der Waals surface area contributed by atoms with Crippen molar-refractivity contribution in [3.05, 3.63) is 54.1 Å². The van der Waals surface area contributed by atoms with Gasteiger partial charge in [-0.1, -0.05) is 18.2 Å². The van der Waals surface area contributed by atoms with E-state index in [2.05, 4.69) is 20.7 Å². The van der Waals surface area contributed by atoms with E-state index in [1.165, 1.54) is 4.80 Å². The maximum atomic E-state index is 12.1. The third-order valence-corrected chi connectivity index (χ3v) is 3.34. The highest BCUT2D eigenvalue weighted by atomic mass is 16.5. The molecule has 0 atom stereocenters. The Morgan fingerprint density at radius 1 is 1.28 bits per heavy atom. The number of tetrazole rings is 1. The van der Waals surface area contributed by atoms with Gasteiger partial charge < -0.3 is 10.1 Å². The molecule has 3 rings (SSSR count). The molecule has 25 heavy (non-hydrogen) atoms. The second kappa shape index (κ2) is 7.23. The highest BCUT2D eigenvalue weighted by molar-refractivity contribution is 5.90. The lowest BCUT2D eigenvalue weighted by Crippen LogP contribution is -2.20. The van der Waals surface area contributed by atoms with Crippen LogP contribution in [-0.4, -0.2) is 33.2 Å². The number of anilines is 1. The fourth-order valence-corrected chi connectivity index (χ4v) is 2.18. The molecule has 1 amide bonds. The van der Waals surface area contributed by atoms with Crippen molar-refractivity contribution < 1.29 is 9.53 Å². The van der Waals surface area contributed by atoms with E-state index < -0.39 is 0 Å². The second-order valence-electron chi connectivity index (χ2n) is 5.12. The molecule has 1 N–H and O–H groups in total. The monoisotopic (exact) mass is 334 g/mol. The van der Waals surface area contributed by atoms with E-state index in [-0.39, 0.29) is 12.5 Å². The van der Waals surface area contributed by atoms with Gasteiger partial charge >= 0.3 is 0 Å². The third kappa shape index (κ3) is 3.97. The maximum absolute atomic E-state index is 12.1. The Morgan fingerprint density at radius 3 is 2.92 bits per heavy atom. The van der Waals surface area contributed by atoms with Crippen molar-refractivity contribution in [1.82, 2.24) is 20.2 Å². The van der Waals surface area contributed by atoms with E-state index in [0.29, 0.717) is 22.8 Å². The summed E-state index contributed by atoms with van der Waals surface area (Å²) in [5.41, 5.74) is 1.75. The molecule has 0 saturated carbocycles. The Balaban J connectivity index is 1.68. The highest BCUT2D eigenvalue weighted by Crippen LogP contribution is 2.19. The van der Waals surface area contributed by atoms with E-state index in [0.717, 1.165) is 5.56 Å². The van der Waals surface area contributed by atoms with Crippen LogP contribution < -0.4 is 10.1 Å². The minimum atomic E-state index is -0.315. The zero-order valence-electron chi connectivity index (χ0n) is 13.4. The maximum Gasteiger partial charge on any atom is 0.248 e. The van der Waals surface area contributed by atoms with Gasteiger partial charge in [0.2, 0.25) is 11.7 Å². The summed E-state index contributed by atoms with van der Waals surface area (Å²) in [4.78, 5) is 13.3. The van der Waals surface area contributed by atoms with Crippen LogP contribution in [-0.2, 0) is 11.3 Å². The molecule has 8 nitrogen and oxygen atoms in total. The lowest BCUT2D eigenvalue weighted by Gasteiger charge is -2.04. The Bertz CT molecular complexity index is 944. The molecule has 0 bridgehead atoms. The minimum absolute atomic E-state index is 0.0895. The van der Waals surface area contributed by atoms with Gasteiger partial charge in [0.05, 0.1) is 18.7 Å². The molecule has 1 heterocycles. The van der Waals surface area contributed by atoms with Crippen LogP contribution in [0.25, 0.3) is 11.4 Å². The van der Waals surface area contributed by atoms with Crippen molar-refractivity contribution in [2.45, 2.75) is 6.54 Å². The average molecular weight is 334 g/mol. The van der Waals surface area contributed by atoms with Gasteiger partial charge in [0.25, 0.3) is 0 Å². The van der Waals surface area contributed by atoms with Gasteiger partial charge in [0.1, 0.15) is 12.3 Å². The SMILES string of the molecule is COc1cccc(-c2nnn(CC(=O)Nc3cccc(C#N)c3)n2)c1. The Labute approximate surface area is 143 Å². The number of nitrogens with zero attached hydrogens (tertiary/aromatic N) is 5. The molecule has 0 aliphatic heterocycles. The van der Waals surface area contributed by atoms with E-state index in [9.17, 15) is 4.79 Å². The highest BCUT2D eigenvalue weighted by Gasteiger charge is 2.10. The molecule has 0 fully saturated rings. The summed E-state index contributed by atoms with van der Waals surface area (Å²) in [6.45, 7) is -0.0895. The topological polar surface area (TPSA) is 106 Å². The predicted molar refractivity (Wildman–Crippen MR) is 89.6 cm³/mol. The number of carbonyl (C=O) groups excluding carboxylic acids is 1. The van der Waals surface area contributed by atoms with E-state index in [1.54, 1.807) is 37.4 Å². The van der Waals surface area contributed by atoms with Gasteiger partial charge in [-0.2, -0.15) is 10.1 Å². The van der Waals surface area contributed by atoms with Crippen LogP contribution in [0, 0.1) is 11.3 Å². The summed E-state index contributed by atoms with van der Waals surface area (Å²) in [7, 11) is 1.58. The van der Waals surface area contributed by atoms with Gasteiger partial charge in [-0.3, -0.25) is 4.79 Å². The number of amides is 1. The summed E-state index contributed by atoms with van der Waals surface area (Å²) in [6.07, 6.45) is 0. The number of aromatic nitrogens is 4. The molecule has 0 saturated heterocycles. The molecule has 8 heteroatoms. The van der Waals surface area contributed by atoms with Crippen LogP contribution in [0.5, 0.6) is 5.75 Å². The average Bonchev–Trinajstić information content (AvgIpc) is 3.10. The van der Waals surface area contributed by atoms with Crippen molar-refractivity contribution in [2.24, 2.45) is 0 Å². The first-order valence-electron chi connectivity index (χ1n) is 7.40. The number of hydrogen-bond acceptors (Lipinski definition) is 6. The molecule has 0 radical (unpaired) electrons. The number of benzene rings is 2. The summed E-state index contributed by atoms with van der Waals surface area (Å²) in [5.74, 6) is 0.770. The quantitative estimate of drug-likeness (QED) is 0.763. The van der Waals surface area contributed by atoms with Crippen LogP contribution in [0.3, 0.4) is 0 Å². The largest absolute Gasteiger partial charge is 0.497 e. The Morgan fingerprint density at radius 2 is 2.12 bits per heavy atom. The summed E-state index contributed by atoms with van der Waals surface area (Å²) >= 11 is 0. The van der Waals surface area contributed by atoms with Gasteiger partial charge in [0.15, 0.2) is 0 Å². The number of rotatable bonds is 5. The van der Waals surface area contributed by atoms with Gasteiger partial charge in [-0.05, 0) is 35.5 Å². The van der Waals surface area contributed by atoms with Crippen LogP contribution in [0.4, 0.5) is 5.69 Å². The normalized spacial score (nSPS) is 10.1. The molecular weight excluding hydrogens is 320 g/mol. The van der Waals surface area contributed by atoms with E-state index in [1.807, 2.05) is 24.3 Å². The first kappa shape index (κ1) is 16.1. The zero-order chi connectivity index (χ0) is 17.6. The predicted octanol–water partition coefficient (Wildman–Crippen LogP) is 1.86. The zero-order valence-corrected chi connectivity index (χ0v) is 13.4. The lowest BCUT2D eigenvalue weighted by atomic mass is 10.2. The Kier molecular flexibility index (Phi) is 4.67. The van der Waals surface area contributed by atoms with Gasteiger partial charge in [-0.25, -0.2) is 0 Å². The minimum Gasteiger partial charge on any atom is -0.497 e. The molecule has 0 aliphatic carbocycles. The first-order valence-corrected chi connectivity index (χ1v) is 7.40. The summed E-state index contributed by atoms with van der Waals surface area (Å²) in [5, 5.41) is 23.6. The van der Waals surface area contributed by atoms with Gasteiger partial charge in [0, 0.05) is 11.3 Å². The van der Waals surface area contributed by atoms with Gasteiger partial charge in [-0.15, -0.1) is 10.2 Å². The number of nitriles is 1. The fraction of sp³-hybridized carbons (Fsp3) is 0.118. The molecule has 1 aromatic heterocycles. The molecule has 124 valence electrons. The lowest BCUT2D eigenvalue weighted by molar-refractivity contribution is -0.117. The molecule has 3 aromatic rings. The molecular formula is C17H14N6O2. The molecule has 0 aliphatic rings. The van der Waals surface area contributed by atoms with Crippen LogP contribution >= 0.6 is 0 Å². The molecule has 0 spiro atoms. The van der Waals surface area contributed by atoms with E-state index in [4.69, 9.17) is 10.00 Å². The number of hydrogen-bond donors (Lipinski definition) is 1. The summed E-state index contributed by atoms with van der Waals surface area (Å²) < 4.78 is 5.16. The van der Waals surface area contributed by atoms with Crippen molar-refractivity contribution >= 4 is 11.6 Å². The smallest absolute Gasteiger partial charge is 0.248 e. The Hall–Kier alpha value is -3.73. The van der Waals surface area contributed by atoms with Crippen molar-refractivity contribution in [3.8, 4) is 23.2 Å². The number of nitrogens with one attached hydrogen (secondary N) is 1. The van der Waals surface area contributed by atoms with Crippen molar-refractivity contribution in [3.63, 3.8) is 0 Å². The van der Waals surface area contributed by atoms with Crippen molar-refractivity contribution in [2.75, 3.05) is 12.4 Å². The summed E-state index contributed by atoms with van der Waals surface area (Å²) in [6, 6.07) is 15.9. The van der Waals surface area contributed by atoms with Crippen LogP contribution in [0.15, 0.2) is 48.5 Å². The standard InChI is InChI=1S/C17H14N6O2/c1-25-15-7-3-5-13(9-15)17-20-22-23(21-17)11-16(24)19-14-6-2-4-12(8-14)10-18/h2-9H,11H2,1H3,(H,19,24). The first-order chi connectivity index (χ1) is 12.2. The van der Waals surface area contributed by atoms with Crippen LogP contribution in [0.1, 0.15) is 5.56 Å².